The second kappa shape index (κ2) is 6.02. The van der Waals surface area contributed by atoms with Crippen LogP contribution in [0.5, 0.6) is 0 Å². The van der Waals surface area contributed by atoms with E-state index in [2.05, 4.69) is 6.07 Å². The minimum absolute atomic E-state index is 0.243. The molecule has 1 fully saturated rings. The number of halogens is 2. The molecule has 0 unspecified atom stereocenters. The highest BCUT2D eigenvalue weighted by Gasteiger charge is 2.36. The van der Waals surface area contributed by atoms with Crippen molar-refractivity contribution in [3.8, 4) is 6.07 Å². The number of rotatable bonds is 2. The molecule has 112 valence electrons. The van der Waals surface area contributed by atoms with Crippen LogP contribution in [0.25, 0.3) is 0 Å². The van der Waals surface area contributed by atoms with Crippen molar-refractivity contribution in [1.82, 2.24) is 4.90 Å². The molecule has 1 aliphatic rings. The molecule has 1 aromatic carbocycles. The predicted molar refractivity (Wildman–Crippen MR) is 78.1 cm³/mol. The van der Waals surface area contributed by atoms with Crippen molar-refractivity contribution in [2.45, 2.75) is 24.5 Å². The van der Waals surface area contributed by atoms with Crippen LogP contribution in [0.3, 0.4) is 0 Å². The van der Waals surface area contributed by atoms with E-state index >= 15 is 0 Å². The molecular formula is C15H16F2N2OS. The minimum atomic E-state index is -0.843. The summed E-state index contributed by atoms with van der Waals surface area (Å²) >= 11 is 1.46. The quantitative estimate of drug-likeness (QED) is 0.843. The first-order chi connectivity index (χ1) is 9.94. The molecule has 1 aliphatic heterocycles. The number of thioether (sulfide) groups is 1. The minimum Gasteiger partial charge on any atom is -0.338 e. The number of carbonyl (C=O) groups excluding carboxylic acids is 1. The summed E-state index contributed by atoms with van der Waals surface area (Å²) in [6.45, 7) is 2.16. The Morgan fingerprint density at radius 2 is 2.00 bits per heavy atom. The Morgan fingerprint density at radius 1 is 1.38 bits per heavy atom. The summed E-state index contributed by atoms with van der Waals surface area (Å²) in [5, 5.41) is 9.21. The van der Waals surface area contributed by atoms with Gasteiger partial charge in [0.1, 0.15) is 21.9 Å². The highest BCUT2D eigenvalue weighted by Crippen LogP contribution is 2.34. The Labute approximate surface area is 126 Å². The van der Waals surface area contributed by atoms with E-state index < -0.39 is 27.9 Å². The third-order valence-corrected chi connectivity index (χ3v) is 5.23. The second-order valence-electron chi connectivity index (χ2n) is 5.16. The standard InChI is InChI=1S/C15H16F2N2OS/c1-10-3-4-11(16)12(13(10)17)14(20)19-7-5-15(9-18,21-2)6-8-19/h3-4H,5-8H2,1-2H3. The third-order valence-electron chi connectivity index (χ3n) is 3.95. The zero-order chi connectivity index (χ0) is 15.6. The van der Waals surface area contributed by atoms with Crippen molar-refractivity contribution in [1.29, 1.82) is 5.26 Å². The van der Waals surface area contributed by atoms with Crippen LogP contribution in [0.15, 0.2) is 12.1 Å². The van der Waals surface area contributed by atoms with Crippen LogP contribution in [0.4, 0.5) is 8.78 Å². The number of nitriles is 1. The van der Waals surface area contributed by atoms with E-state index in [1.54, 1.807) is 0 Å². The molecule has 0 radical (unpaired) electrons. The largest absolute Gasteiger partial charge is 0.338 e. The van der Waals surface area contributed by atoms with E-state index in [9.17, 15) is 18.8 Å². The normalized spacial score (nSPS) is 17.4. The van der Waals surface area contributed by atoms with Gasteiger partial charge in [-0.3, -0.25) is 4.79 Å². The molecular weight excluding hydrogens is 294 g/mol. The molecule has 21 heavy (non-hydrogen) atoms. The lowest BCUT2D eigenvalue weighted by Crippen LogP contribution is -2.44. The number of nitrogens with zero attached hydrogens (tertiary/aromatic N) is 2. The molecule has 0 spiro atoms. The van der Waals surface area contributed by atoms with Gasteiger partial charge in [-0.1, -0.05) is 6.07 Å². The summed E-state index contributed by atoms with van der Waals surface area (Å²) in [7, 11) is 0. The van der Waals surface area contributed by atoms with Crippen LogP contribution in [-0.4, -0.2) is 34.9 Å². The fourth-order valence-electron chi connectivity index (χ4n) is 2.44. The highest BCUT2D eigenvalue weighted by molar-refractivity contribution is 8.00. The Bertz CT molecular complexity index is 604. The van der Waals surface area contributed by atoms with Crippen molar-refractivity contribution in [3.63, 3.8) is 0 Å². The van der Waals surface area contributed by atoms with Gasteiger partial charge in [-0.05, 0) is 37.7 Å². The van der Waals surface area contributed by atoms with E-state index in [0.717, 1.165) is 6.07 Å². The molecule has 0 saturated carbocycles. The zero-order valence-corrected chi connectivity index (χ0v) is 12.8. The number of hydrogen-bond donors (Lipinski definition) is 0. The molecule has 0 aromatic heterocycles. The summed E-state index contributed by atoms with van der Waals surface area (Å²) in [6, 6.07) is 4.69. The van der Waals surface area contributed by atoms with Gasteiger partial charge in [-0.25, -0.2) is 8.78 Å². The molecule has 0 atom stereocenters. The lowest BCUT2D eigenvalue weighted by molar-refractivity contribution is 0.0706. The number of piperidine rings is 1. The summed E-state index contributed by atoms with van der Waals surface area (Å²) in [5.41, 5.74) is -0.254. The summed E-state index contributed by atoms with van der Waals surface area (Å²) in [5.74, 6) is -2.28. The van der Waals surface area contributed by atoms with Crippen LogP contribution in [0.2, 0.25) is 0 Å². The maximum atomic E-state index is 14.0. The molecule has 6 heteroatoms. The predicted octanol–water partition coefficient (Wildman–Crippen LogP) is 3.13. The van der Waals surface area contributed by atoms with E-state index in [4.69, 9.17) is 0 Å². The number of benzene rings is 1. The van der Waals surface area contributed by atoms with Gasteiger partial charge < -0.3 is 4.90 Å². The lowest BCUT2D eigenvalue weighted by atomic mass is 9.96. The monoisotopic (exact) mass is 310 g/mol. The molecule has 1 aromatic rings. The SMILES string of the molecule is CSC1(C#N)CCN(C(=O)c2c(F)ccc(C)c2F)CC1. The second-order valence-corrected chi connectivity index (χ2v) is 6.35. The Morgan fingerprint density at radius 3 is 2.52 bits per heavy atom. The van der Waals surface area contributed by atoms with Crippen LogP contribution in [-0.2, 0) is 0 Å². The van der Waals surface area contributed by atoms with Crippen LogP contribution < -0.4 is 0 Å². The molecule has 1 saturated heterocycles. The molecule has 0 bridgehead atoms. The van der Waals surface area contributed by atoms with Gasteiger partial charge in [-0.2, -0.15) is 5.26 Å². The van der Waals surface area contributed by atoms with Crippen molar-refractivity contribution < 1.29 is 13.6 Å². The van der Waals surface area contributed by atoms with Crippen molar-refractivity contribution in [2.75, 3.05) is 19.3 Å². The lowest BCUT2D eigenvalue weighted by Gasteiger charge is -2.36. The molecule has 1 heterocycles. The van der Waals surface area contributed by atoms with Crippen molar-refractivity contribution >= 4 is 17.7 Å². The number of amides is 1. The van der Waals surface area contributed by atoms with Gasteiger partial charge in [0, 0.05) is 13.1 Å². The molecule has 1 amide bonds. The van der Waals surface area contributed by atoms with E-state index in [1.165, 1.54) is 29.7 Å². The highest BCUT2D eigenvalue weighted by atomic mass is 32.2. The smallest absolute Gasteiger partial charge is 0.259 e. The average Bonchev–Trinajstić information content (AvgIpc) is 2.51. The van der Waals surface area contributed by atoms with E-state index in [1.807, 2.05) is 6.26 Å². The first-order valence-corrected chi connectivity index (χ1v) is 7.87. The summed E-state index contributed by atoms with van der Waals surface area (Å²) in [4.78, 5) is 13.8. The third kappa shape index (κ3) is 2.88. The van der Waals surface area contributed by atoms with Gasteiger partial charge in [0.25, 0.3) is 5.91 Å². The van der Waals surface area contributed by atoms with Crippen molar-refractivity contribution in [2.24, 2.45) is 0 Å². The molecule has 2 rings (SSSR count). The molecule has 0 N–H and O–H groups in total. The van der Waals surface area contributed by atoms with Gasteiger partial charge in [0.15, 0.2) is 0 Å². The van der Waals surface area contributed by atoms with Gasteiger partial charge in [-0.15, -0.1) is 11.8 Å². The van der Waals surface area contributed by atoms with Gasteiger partial charge >= 0.3 is 0 Å². The molecule has 3 nitrogen and oxygen atoms in total. The van der Waals surface area contributed by atoms with E-state index in [-0.39, 0.29) is 5.56 Å². The van der Waals surface area contributed by atoms with Gasteiger partial charge in [0.2, 0.25) is 0 Å². The number of aryl methyl sites for hydroxylation is 1. The Hall–Kier alpha value is -1.61. The number of carbonyl (C=O) groups is 1. The average molecular weight is 310 g/mol. The first kappa shape index (κ1) is 15.8. The van der Waals surface area contributed by atoms with Gasteiger partial charge in [0.05, 0.1) is 6.07 Å². The zero-order valence-electron chi connectivity index (χ0n) is 11.9. The number of hydrogen-bond acceptors (Lipinski definition) is 3. The van der Waals surface area contributed by atoms with Crippen LogP contribution in [0.1, 0.15) is 28.8 Å². The maximum absolute atomic E-state index is 14.0. The molecule has 0 aliphatic carbocycles. The van der Waals surface area contributed by atoms with Crippen LogP contribution >= 0.6 is 11.8 Å². The van der Waals surface area contributed by atoms with Crippen molar-refractivity contribution in [3.05, 3.63) is 34.9 Å². The number of likely N-dealkylation sites (tertiary alicyclic amines) is 1. The van der Waals surface area contributed by atoms with Crippen LogP contribution in [0, 0.1) is 29.9 Å². The fraction of sp³-hybridized carbons (Fsp3) is 0.467. The first-order valence-electron chi connectivity index (χ1n) is 6.64. The topological polar surface area (TPSA) is 44.1 Å². The fourth-order valence-corrected chi connectivity index (χ4v) is 3.13. The maximum Gasteiger partial charge on any atom is 0.259 e. The summed E-state index contributed by atoms with van der Waals surface area (Å²) in [6.07, 6.45) is 2.87. The summed E-state index contributed by atoms with van der Waals surface area (Å²) < 4.78 is 27.3. The Kier molecular flexibility index (Phi) is 4.52. The Balaban J connectivity index is 2.21. The van der Waals surface area contributed by atoms with E-state index in [0.29, 0.717) is 25.9 Å².